The number of rotatable bonds is 1. The van der Waals surface area contributed by atoms with Crippen molar-refractivity contribution in [3.8, 4) is 0 Å². The lowest BCUT2D eigenvalue weighted by Crippen LogP contribution is -2.50. The van der Waals surface area contributed by atoms with Gasteiger partial charge in [-0.3, -0.25) is 9.59 Å². The third-order valence-corrected chi connectivity index (χ3v) is 8.32. The molecule has 6 atom stereocenters. The van der Waals surface area contributed by atoms with Crippen LogP contribution in [0.25, 0.3) is 0 Å². The molecule has 24 heavy (non-hydrogen) atoms. The molecule has 0 bridgehead atoms. The second-order valence-electron chi connectivity index (χ2n) is 9.37. The lowest BCUT2D eigenvalue weighted by atomic mass is 9.47. The van der Waals surface area contributed by atoms with Crippen LogP contribution < -0.4 is 0 Å². The van der Waals surface area contributed by atoms with Crippen LogP contribution in [0, 0.1) is 34.5 Å². The summed E-state index contributed by atoms with van der Waals surface area (Å²) in [7, 11) is 0. The van der Waals surface area contributed by atoms with Crippen LogP contribution in [0.5, 0.6) is 0 Å². The lowest BCUT2D eigenvalue weighted by Gasteiger charge is -2.56. The van der Waals surface area contributed by atoms with Gasteiger partial charge in [-0.2, -0.15) is 0 Å². The Morgan fingerprint density at radius 2 is 1.88 bits per heavy atom. The highest BCUT2D eigenvalue weighted by Gasteiger charge is 2.59. The fourth-order valence-electron chi connectivity index (χ4n) is 7.08. The molecular weight excluding hydrogens is 296 g/mol. The zero-order valence-corrected chi connectivity index (χ0v) is 15.5. The Morgan fingerprint density at radius 1 is 1.12 bits per heavy atom. The Morgan fingerprint density at radius 3 is 2.58 bits per heavy atom. The second kappa shape index (κ2) is 5.16. The molecule has 2 saturated carbocycles. The Bertz CT molecular complexity index is 669. The van der Waals surface area contributed by atoms with Gasteiger partial charge in [-0.1, -0.05) is 25.5 Å². The van der Waals surface area contributed by atoms with E-state index in [1.165, 1.54) is 30.4 Å². The average molecular weight is 326 g/mol. The summed E-state index contributed by atoms with van der Waals surface area (Å²) in [5, 5.41) is 0. The maximum Gasteiger partial charge on any atom is 0.156 e. The molecule has 0 amide bonds. The highest BCUT2D eigenvalue weighted by Crippen LogP contribution is 2.66. The standard InChI is InChI=1S/C22H30O2/c1-13-11-16-18-6-5-17(14(2)23)21(18,3)10-8-19(16)22(4)9-7-15(24)12-20(13)22/h11-12,16-19H,5-10H2,1-4H3/t16?,17?,18?,19?,21-,22-/m1/s1. The number of Topliss-reactive ketones (excluding diaryl/α,β-unsaturated/α-hetero) is 1. The number of fused-ring (bicyclic) bond motifs is 5. The Balaban J connectivity index is 1.77. The highest BCUT2D eigenvalue weighted by molar-refractivity contribution is 5.92. The van der Waals surface area contributed by atoms with Gasteiger partial charge in [0, 0.05) is 12.3 Å². The van der Waals surface area contributed by atoms with Gasteiger partial charge in [-0.15, -0.1) is 0 Å². The molecule has 0 aliphatic heterocycles. The normalized spacial score (nSPS) is 47.2. The number of carbonyl (C=O) groups is 2. The van der Waals surface area contributed by atoms with Crippen LogP contribution in [0.4, 0.5) is 0 Å². The maximum atomic E-state index is 12.2. The molecule has 0 radical (unpaired) electrons. The van der Waals surface area contributed by atoms with E-state index in [0.29, 0.717) is 35.7 Å². The predicted molar refractivity (Wildman–Crippen MR) is 95.4 cm³/mol. The molecule has 0 aromatic carbocycles. The van der Waals surface area contributed by atoms with E-state index in [9.17, 15) is 9.59 Å². The van der Waals surface area contributed by atoms with Gasteiger partial charge in [0.15, 0.2) is 5.78 Å². The quantitative estimate of drug-likeness (QED) is 0.687. The number of hydrogen-bond donors (Lipinski definition) is 0. The zero-order valence-electron chi connectivity index (χ0n) is 15.5. The monoisotopic (exact) mass is 326 g/mol. The van der Waals surface area contributed by atoms with Crippen LogP contribution in [0.1, 0.15) is 66.2 Å². The van der Waals surface area contributed by atoms with Crippen LogP contribution in [-0.4, -0.2) is 11.6 Å². The van der Waals surface area contributed by atoms with Crippen molar-refractivity contribution < 1.29 is 9.59 Å². The molecule has 0 spiro atoms. The van der Waals surface area contributed by atoms with E-state index in [4.69, 9.17) is 0 Å². The largest absolute Gasteiger partial charge is 0.300 e. The van der Waals surface area contributed by atoms with Crippen molar-refractivity contribution in [1.29, 1.82) is 0 Å². The van der Waals surface area contributed by atoms with Crippen LogP contribution in [0.2, 0.25) is 0 Å². The van der Waals surface area contributed by atoms with Crippen LogP contribution >= 0.6 is 0 Å². The molecule has 0 heterocycles. The summed E-state index contributed by atoms with van der Waals surface area (Å²) < 4.78 is 0. The highest BCUT2D eigenvalue weighted by atomic mass is 16.1. The smallest absolute Gasteiger partial charge is 0.156 e. The van der Waals surface area contributed by atoms with Crippen molar-refractivity contribution in [3.05, 3.63) is 23.3 Å². The summed E-state index contributed by atoms with van der Waals surface area (Å²) in [5.74, 6) is 2.82. The van der Waals surface area contributed by atoms with Crippen LogP contribution in [0.3, 0.4) is 0 Å². The molecule has 0 N–H and O–H groups in total. The van der Waals surface area contributed by atoms with E-state index in [-0.39, 0.29) is 16.7 Å². The number of allylic oxidation sites excluding steroid dienone is 4. The van der Waals surface area contributed by atoms with Gasteiger partial charge < -0.3 is 0 Å². The first-order chi connectivity index (χ1) is 11.3. The van der Waals surface area contributed by atoms with E-state index >= 15 is 0 Å². The fraction of sp³-hybridized carbons (Fsp3) is 0.727. The van der Waals surface area contributed by atoms with Gasteiger partial charge in [0.2, 0.25) is 0 Å². The Labute approximate surface area is 145 Å². The SMILES string of the molecule is CC(=O)C1CCC2C3C=C(C)C4=CC(=O)CC[C@]4(C)C3CC[C@]12C. The van der Waals surface area contributed by atoms with E-state index in [2.05, 4.69) is 26.8 Å². The van der Waals surface area contributed by atoms with Gasteiger partial charge in [0.25, 0.3) is 0 Å². The molecule has 4 aliphatic rings. The number of carbonyl (C=O) groups excluding carboxylic acids is 2. The average Bonchev–Trinajstić information content (AvgIpc) is 2.87. The first-order valence-electron chi connectivity index (χ1n) is 9.71. The first kappa shape index (κ1) is 16.3. The van der Waals surface area contributed by atoms with Gasteiger partial charge >= 0.3 is 0 Å². The van der Waals surface area contributed by atoms with E-state index in [0.717, 1.165) is 12.8 Å². The molecule has 2 nitrogen and oxygen atoms in total. The number of hydrogen-bond acceptors (Lipinski definition) is 2. The van der Waals surface area contributed by atoms with Gasteiger partial charge in [0.05, 0.1) is 0 Å². The molecule has 4 aliphatic carbocycles. The summed E-state index contributed by atoms with van der Waals surface area (Å²) in [6.45, 7) is 8.78. The molecule has 0 aromatic rings. The van der Waals surface area contributed by atoms with Crippen molar-refractivity contribution in [2.45, 2.75) is 66.2 Å². The third-order valence-electron chi connectivity index (χ3n) is 8.32. The molecule has 130 valence electrons. The molecule has 0 aromatic heterocycles. The zero-order chi connectivity index (χ0) is 17.3. The summed E-state index contributed by atoms with van der Waals surface area (Å²) in [4.78, 5) is 24.2. The van der Waals surface area contributed by atoms with E-state index in [1.54, 1.807) is 6.92 Å². The predicted octanol–water partition coefficient (Wildman–Crippen LogP) is 4.89. The molecule has 4 rings (SSSR count). The van der Waals surface area contributed by atoms with Gasteiger partial charge in [0.1, 0.15) is 5.78 Å². The molecule has 0 saturated heterocycles. The minimum atomic E-state index is 0.160. The molecule has 4 unspecified atom stereocenters. The molecular formula is C22H30O2. The van der Waals surface area contributed by atoms with E-state index in [1.807, 2.05) is 6.08 Å². The summed E-state index contributed by atoms with van der Waals surface area (Å²) in [6, 6.07) is 0. The van der Waals surface area contributed by atoms with Gasteiger partial charge in [-0.25, -0.2) is 0 Å². The van der Waals surface area contributed by atoms with Crippen molar-refractivity contribution >= 4 is 11.6 Å². The van der Waals surface area contributed by atoms with E-state index < -0.39 is 0 Å². The van der Waals surface area contributed by atoms with Crippen molar-refractivity contribution in [2.24, 2.45) is 34.5 Å². The van der Waals surface area contributed by atoms with Crippen LogP contribution in [-0.2, 0) is 9.59 Å². The van der Waals surface area contributed by atoms with Crippen LogP contribution in [0.15, 0.2) is 23.3 Å². The second-order valence-corrected chi connectivity index (χ2v) is 9.37. The lowest BCUT2D eigenvalue weighted by molar-refractivity contribution is -0.127. The topological polar surface area (TPSA) is 34.1 Å². The number of ketones is 2. The molecule has 2 fully saturated rings. The Hall–Kier alpha value is -1.18. The molecule has 2 heteroatoms. The summed E-state index contributed by atoms with van der Waals surface area (Å²) in [6.07, 6.45) is 10.8. The summed E-state index contributed by atoms with van der Waals surface area (Å²) >= 11 is 0. The fourth-order valence-corrected chi connectivity index (χ4v) is 7.08. The Kier molecular flexibility index (Phi) is 3.50. The van der Waals surface area contributed by atoms with Crippen molar-refractivity contribution in [3.63, 3.8) is 0 Å². The first-order valence-corrected chi connectivity index (χ1v) is 9.71. The minimum Gasteiger partial charge on any atom is -0.300 e. The summed E-state index contributed by atoms with van der Waals surface area (Å²) in [5.41, 5.74) is 2.98. The van der Waals surface area contributed by atoms with Gasteiger partial charge in [-0.05, 0) is 86.2 Å². The van der Waals surface area contributed by atoms with Crippen molar-refractivity contribution in [2.75, 3.05) is 0 Å². The maximum absolute atomic E-state index is 12.2. The van der Waals surface area contributed by atoms with Crippen molar-refractivity contribution in [1.82, 2.24) is 0 Å². The third kappa shape index (κ3) is 2.01. The minimum absolute atomic E-state index is 0.160.